The minimum Gasteiger partial charge on any atom is -0.379 e. The molecule has 0 amide bonds. The molecule has 2 heterocycles. The minimum absolute atomic E-state index is 0.540. The summed E-state index contributed by atoms with van der Waals surface area (Å²) < 4.78 is 7.44. The highest BCUT2D eigenvalue weighted by Gasteiger charge is 2.08. The van der Waals surface area contributed by atoms with Gasteiger partial charge in [-0.25, -0.2) is 9.50 Å². The van der Waals surface area contributed by atoms with E-state index in [4.69, 9.17) is 10.5 Å². The van der Waals surface area contributed by atoms with Crippen LogP contribution in [0.2, 0.25) is 0 Å². The van der Waals surface area contributed by atoms with Crippen LogP contribution in [0.3, 0.4) is 0 Å². The summed E-state index contributed by atoms with van der Waals surface area (Å²) in [6.45, 7) is 6.99. The van der Waals surface area contributed by atoms with Crippen LogP contribution in [0.25, 0.3) is 16.9 Å². The normalized spacial score (nSPS) is 11.4. The molecule has 0 atom stereocenters. The van der Waals surface area contributed by atoms with Crippen molar-refractivity contribution in [2.45, 2.75) is 20.4 Å². The zero-order chi connectivity index (χ0) is 17.6. The van der Waals surface area contributed by atoms with Gasteiger partial charge in [-0.2, -0.15) is 0 Å². The third-order valence-electron chi connectivity index (χ3n) is 3.85. The standard InChI is InChI=1S/C19H25N5O/c1-14(2)13-25-10-9-21-18-7-8-19-22-12-17(24(19)23-18)16-5-3-15(11-20)4-6-16/h3-8,12,14H,9-11,13,20H2,1-2H3,(H,21,23). The zero-order valence-corrected chi connectivity index (χ0v) is 14.8. The maximum absolute atomic E-state index is 5.67. The van der Waals surface area contributed by atoms with E-state index in [1.165, 1.54) is 0 Å². The summed E-state index contributed by atoms with van der Waals surface area (Å²) >= 11 is 0. The fraction of sp³-hybridized carbons (Fsp3) is 0.368. The monoisotopic (exact) mass is 339 g/mol. The molecule has 6 nitrogen and oxygen atoms in total. The van der Waals surface area contributed by atoms with Crippen molar-refractivity contribution in [1.82, 2.24) is 14.6 Å². The quantitative estimate of drug-likeness (QED) is 0.617. The van der Waals surface area contributed by atoms with E-state index < -0.39 is 0 Å². The molecule has 3 N–H and O–H groups in total. The van der Waals surface area contributed by atoms with Gasteiger partial charge in [-0.15, -0.1) is 5.10 Å². The highest BCUT2D eigenvalue weighted by molar-refractivity contribution is 5.63. The molecule has 0 fully saturated rings. The second-order valence-corrected chi connectivity index (χ2v) is 6.43. The second-order valence-electron chi connectivity index (χ2n) is 6.43. The molecule has 0 saturated carbocycles. The molecule has 3 rings (SSSR count). The van der Waals surface area contributed by atoms with E-state index in [9.17, 15) is 0 Å². The van der Waals surface area contributed by atoms with Crippen LogP contribution in [0.4, 0.5) is 5.82 Å². The molecule has 3 aromatic rings. The molecule has 132 valence electrons. The van der Waals surface area contributed by atoms with Crippen LogP contribution in [-0.4, -0.2) is 34.4 Å². The van der Waals surface area contributed by atoms with Crippen LogP contribution in [0.15, 0.2) is 42.6 Å². The molecule has 0 bridgehead atoms. The molecule has 0 radical (unpaired) electrons. The molecule has 25 heavy (non-hydrogen) atoms. The third kappa shape index (κ3) is 4.35. The first-order chi connectivity index (χ1) is 12.2. The van der Waals surface area contributed by atoms with Crippen molar-refractivity contribution < 1.29 is 4.74 Å². The summed E-state index contributed by atoms with van der Waals surface area (Å²) in [4.78, 5) is 4.43. The van der Waals surface area contributed by atoms with Gasteiger partial charge in [-0.3, -0.25) is 0 Å². The van der Waals surface area contributed by atoms with Gasteiger partial charge in [0.05, 0.1) is 18.5 Å². The maximum atomic E-state index is 5.67. The predicted molar refractivity (Wildman–Crippen MR) is 100 cm³/mol. The van der Waals surface area contributed by atoms with E-state index >= 15 is 0 Å². The average Bonchev–Trinajstić information content (AvgIpc) is 3.04. The summed E-state index contributed by atoms with van der Waals surface area (Å²) in [5, 5.41) is 7.95. The fourth-order valence-electron chi connectivity index (χ4n) is 2.55. The Kier molecular flexibility index (Phi) is 5.63. The lowest BCUT2D eigenvalue weighted by molar-refractivity contribution is 0.118. The maximum Gasteiger partial charge on any atom is 0.154 e. The SMILES string of the molecule is CC(C)COCCNc1ccc2ncc(-c3ccc(CN)cc3)n2n1. The molecule has 2 aromatic heterocycles. The molecule has 0 saturated heterocycles. The number of aromatic nitrogens is 3. The van der Waals surface area contributed by atoms with Gasteiger partial charge in [-0.1, -0.05) is 38.1 Å². The van der Waals surface area contributed by atoms with Gasteiger partial charge < -0.3 is 15.8 Å². The van der Waals surface area contributed by atoms with Gasteiger partial charge in [-0.05, 0) is 23.6 Å². The largest absolute Gasteiger partial charge is 0.379 e. The van der Waals surface area contributed by atoms with E-state index in [-0.39, 0.29) is 0 Å². The van der Waals surface area contributed by atoms with E-state index in [0.717, 1.165) is 41.4 Å². The van der Waals surface area contributed by atoms with Crippen LogP contribution >= 0.6 is 0 Å². The first-order valence-corrected chi connectivity index (χ1v) is 8.63. The molecule has 0 unspecified atom stereocenters. The fourth-order valence-corrected chi connectivity index (χ4v) is 2.55. The topological polar surface area (TPSA) is 77.5 Å². The average molecular weight is 339 g/mol. The van der Waals surface area contributed by atoms with E-state index in [1.54, 1.807) is 0 Å². The van der Waals surface area contributed by atoms with E-state index in [2.05, 4.69) is 29.2 Å². The first-order valence-electron chi connectivity index (χ1n) is 8.63. The second kappa shape index (κ2) is 8.09. The van der Waals surface area contributed by atoms with Crippen LogP contribution < -0.4 is 11.1 Å². The Morgan fingerprint density at radius 1 is 1.16 bits per heavy atom. The molecule has 0 aliphatic heterocycles. The number of hydrogen-bond acceptors (Lipinski definition) is 5. The number of nitrogens with two attached hydrogens (primary N) is 1. The number of hydrogen-bond donors (Lipinski definition) is 2. The highest BCUT2D eigenvalue weighted by Crippen LogP contribution is 2.21. The van der Waals surface area contributed by atoms with Crippen molar-refractivity contribution in [1.29, 1.82) is 0 Å². The zero-order valence-electron chi connectivity index (χ0n) is 14.8. The van der Waals surface area contributed by atoms with Gasteiger partial charge in [0.15, 0.2) is 5.65 Å². The number of fused-ring (bicyclic) bond motifs is 1. The Hall–Kier alpha value is -2.44. The lowest BCUT2D eigenvalue weighted by Gasteiger charge is -2.09. The summed E-state index contributed by atoms with van der Waals surface area (Å²) in [6, 6.07) is 12.1. The van der Waals surface area contributed by atoms with Gasteiger partial charge in [0, 0.05) is 25.3 Å². The summed E-state index contributed by atoms with van der Waals surface area (Å²) in [5.41, 5.74) is 9.61. The van der Waals surface area contributed by atoms with Crippen molar-refractivity contribution in [2.24, 2.45) is 11.7 Å². The van der Waals surface area contributed by atoms with Crippen molar-refractivity contribution >= 4 is 11.5 Å². The molecular formula is C19H25N5O. The molecule has 1 aromatic carbocycles. The van der Waals surface area contributed by atoms with Crippen molar-refractivity contribution in [3.8, 4) is 11.3 Å². The number of imidazole rings is 1. The smallest absolute Gasteiger partial charge is 0.154 e. The van der Waals surface area contributed by atoms with Crippen molar-refractivity contribution in [3.63, 3.8) is 0 Å². The molecule has 0 spiro atoms. The molecule has 6 heteroatoms. The Morgan fingerprint density at radius 2 is 1.96 bits per heavy atom. The number of anilines is 1. The molecular weight excluding hydrogens is 314 g/mol. The van der Waals surface area contributed by atoms with Crippen LogP contribution in [0.5, 0.6) is 0 Å². The lowest BCUT2D eigenvalue weighted by Crippen LogP contribution is -2.13. The van der Waals surface area contributed by atoms with E-state index in [0.29, 0.717) is 19.1 Å². The Bertz CT molecular complexity index is 810. The molecule has 0 aliphatic carbocycles. The summed E-state index contributed by atoms with van der Waals surface area (Å²) in [6.07, 6.45) is 1.84. The highest BCUT2D eigenvalue weighted by atomic mass is 16.5. The predicted octanol–water partition coefficient (Wildman–Crippen LogP) is 2.94. The van der Waals surface area contributed by atoms with Gasteiger partial charge in [0.2, 0.25) is 0 Å². The van der Waals surface area contributed by atoms with Gasteiger partial charge >= 0.3 is 0 Å². The summed E-state index contributed by atoms with van der Waals surface area (Å²) in [5.74, 6) is 1.35. The number of rotatable bonds is 8. The minimum atomic E-state index is 0.540. The number of benzene rings is 1. The third-order valence-corrected chi connectivity index (χ3v) is 3.85. The number of nitrogens with one attached hydrogen (secondary N) is 1. The number of nitrogens with zero attached hydrogens (tertiary/aromatic N) is 3. The Balaban J connectivity index is 1.72. The first kappa shape index (κ1) is 17.4. The Labute approximate surface area is 148 Å². The van der Waals surface area contributed by atoms with Crippen LogP contribution in [-0.2, 0) is 11.3 Å². The van der Waals surface area contributed by atoms with Crippen LogP contribution in [0, 0.1) is 5.92 Å². The van der Waals surface area contributed by atoms with Gasteiger partial charge in [0.25, 0.3) is 0 Å². The van der Waals surface area contributed by atoms with Crippen molar-refractivity contribution in [2.75, 3.05) is 25.1 Å². The van der Waals surface area contributed by atoms with Gasteiger partial charge in [0.1, 0.15) is 5.82 Å². The lowest BCUT2D eigenvalue weighted by atomic mass is 10.1. The Morgan fingerprint density at radius 3 is 2.68 bits per heavy atom. The summed E-state index contributed by atoms with van der Waals surface area (Å²) in [7, 11) is 0. The van der Waals surface area contributed by atoms with E-state index in [1.807, 2.05) is 47.1 Å². The molecule has 0 aliphatic rings. The van der Waals surface area contributed by atoms with Crippen molar-refractivity contribution in [3.05, 3.63) is 48.2 Å². The number of ether oxygens (including phenoxy) is 1. The van der Waals surface area contributed by atoms with Crippen LogP contribution in [0.1, 0.15) is 19.4 Å².